The second-order valence-corrected chi connectivity index (χ2v) is 17.2. The van der Waals surface area contributed by atoms with Crippen LogP contribution in [0.25, 0.3) is 72.0 Å². The summed E-state index contributed by atoms with van der Waals surface area (Å²) >= 11 is 0. The zero-order chi connectivity index (χ0) is 40.4. The summed E-state index contributed by atoms with van der Waals surface area (Å²) in [7, 11) is 0. The van der Waals surface area contributed by atoms with E-state index in [0.717, 1.165) is 50.6 Å². The fraction of sp³-hybridized carbons (Fsp3) is 0.0526. The summed E-state index contributed by atoms with van der Waals surface area (Å²) in [4.78, 5) is 0. The Kier molecular flexibility index (Phi) is 7.16. The Morgan fingerprint density at radius 1 is 0.426 bits per heavy atom. The number of fused-ring (bicyclic) bond motifs is 11. The van der Waals surface area contributed by atoms with Crippen molar-refractivity contribution < 1.29 is 9.47 Å². The van der Waals surface area contributed by atoms with Crippen LogP contribution in [-0.4, -0.2) is 11.3 Å². The van der Waals surface area contributed by atoms with E-state index < -0.39 is 0 Å². The molecule has 0 fully saturated rings. The van der Waals surface area contributed by atoms with Crippen LogP contribution in [0.2, 0.25) is 0 Å². The highest BCUT2D eigenvalue weighted by Gasteiger charge is 2.42. The van der Waals surface area contributed by atoms with Gasteiger partial charge in [-0.05, 0) is 109 Å². The molecule has 286 valence electrons. The lowest BCUT2D eigenvalue weighted by molar-refractivity contribution is 0.464. The summed E-state index contributed by atoms with van der Waals surface area (Å²) < 4.78 is 16.2. The van der Waals surface area contributed by atoms with E-state index in [0.29, 0.717) is 0 Å². The molecule has 0 atom stereocenters. The molecule has 1 aromatic heterocycles. The van der Waals surface area contributed by atoms with Crippen molar-refractivity contribution in [1.82, 2.24) is 4.57 Å². The number of para-hydroxylation sites is 2. The second kappa shape index (κ2) is 12.7. The maximum atomic E-state index is 6.87. The van der Waals surface area contributed by atoms with Crippen LogP contribution >= 0.6 is 0 Å². The number of rotatable bonds is 4. The number of hydrogen-bond acceptors (Lipinski definition) is 2. The summed E-state index contributed by atoms with van der Waals surface area (Å²) in [5, 5.41) is 2.43. The maximum Gasteiger partial charge on any atom is 0.260 e. The molecule has 0 saturated heterocycles. The average Bonchev–Trinajstić information content (AvgIpc) is 3.76. The van der Waals surface area contributed by atoms with Crippen LogP contribution in [0, 0.1) is 0 Å². The molecule has 0 radical (unpaired) electrons. The SMILES string of the molecule is CC1(C)c2ccccc2-c2ccc3c4cc(-c5cc(-c6ccccc6)cc(-c6ccccc6)c5)ccc4n(-c4cc5c6c(c4)Oc4ccccc4B6c4ccccc4O5)c3c21. The van der Waals surface area contributed by atoms with Gasteiger partial charge in [0.2, 0.25) is 0 Å². The van der Waals surface area contributed by atoms with E-state index in [1.165, 1.54) is 71.9 Å². The van der Waals surface area contributed by atoms with E-state index in [-0.39, 0.29) is 12.1 Å². The Labute approximate surface area is 355 Å². The molecular weight excluding hydrogens is 741 g/mol. The minimum absolute atomic E-state index is 0.0137. The average molecular weight is 780 g/mol. The quantitative estimate of drug-likeness (QED) is 0.166. The van der Waals surface area contributed by atoms with Crippen molar-refractivity contribution >= 4 is 44.9 Å². The van der Waals surface area contributed by atoms with Crippen LogP contribution < -0.4 is 25.9 Å². The van der Waals surface area contributed by atoms with Crippen molar-refractivity contribution in [3.05, 3.63) is 205 Å². The lowest BCUT2D eigenvalue weighted by Crippen LogP contribution is -2.57. The molecule has 9 aromatic carbocycles. The summed E-state index contributed by atoms with van der Waals surface area (Å²) in [6, 6.07) is 70.5. The highest BCUT2D eigenvalue weighted by atomic mass is 16.5. The lowest BCUT2D eigenvalue weighted by atomic mass is 9.35. The van der Waals surface area contributed by atoms with E-state index in [4.69, 9.17) is 9.47 Å². The zero-order valence-corrected chi connectivity index (χ0v) is 33.8. The van der Waals surface area contributed by atoms with E-state index in [1.807, 2.05) is 0 Å². The van der Waals surface area contributed by atoms with Crippen molar-refractivity contribution in [2.75, 3.05) is 0 Å². The van der Waals surface area contributed by atoms with Gasteiger partial charge in [0.15, 0.2) is 0 Å². The molecule has 0 bridgehead atoms. The Bertz CT molecular complexity index is 3330. The maximum absolute atomic E-state index is 6.87. The topological polar surface area (TPSA) is 23.4 Å². The molecule has 0 saturated carbocycles. The largest absolute Gasteiger partial charge is 0.458 e. The first-order chi connectivity index (χ1) is 30.0. The fourth-order valence-electron chi connectivity index (χ4n) is 10.7. The number of benzene rings is 9. The predicted molar refractivity (Wildman–Crippen MR) is 252 cm³/mol. The number of aromatic nitrogens is 1. The smallest absolute Gasteiger partial charge is 0.260 e. The van der Waals surface area contributed by atoms with Gasteiger partial charge < -0.3 is 14.0 Å². The summed E-state index contributed by atoms with van der Waals surface area (Å²) in [6.07, 6.45) is 0. The molecule has 10 aromatic rings. The van der Waals surface area contributed by atoms with Gasteiger partial charge in [0, 0.05) is 33.8 Å². The Balaban J connectivity index is 1.08. The van der Waals surface area contributed by atoms with Crippen LogP contribution in [0.15, 0.2) is 194 Å². The van der Waals surface area contributed by atoms with Gasteiger partial charge in [-0.1, -0.05) is 153 Å². The van der Waals surface area contributed by atoms with Crippen LogP contribution in [0.4, 0.5) is 0 Å². The van der Waals surface area contributed by atoms with E-state index in [2.05, 4.69) is 213 Å². The Hall–Kier alpha value is -7.56. The van der Waals surface area contributed by atoms with Gasteiger partial charge >= 0.3 is 0 Å². The van der Waals surface area contributed by atoms with Gasteiger partial charge in [-0.2, -0.15) is 0 Å². The van der Waals surface area contributed by atoms with Gasteiger partial charge in [0.05, 0.1) is 16.7 Å². The molecule has 0 unspecified atom stereocenters. The van der Waals surface area contributed by atoms with Crippen molar-refractivity contribution in [1.29, 1.82) is 0 Å². The van der Waals surface area contributed by atoms with Gasteiger partial charge in [-0.3, -0.25) is 0 Å². The molecule has 3 nitrogen and oxygen atoms in total. The first-order valence-electron chi connectivity index (χ1n) is 21.2. The van der Waals surface area contributed by atoms with Gasteiger partial charge in [0.25, 0.3) is 6.71 Å². The number of ether oxygens (including phenoxy) is 2. The molecule has 61 heavy (non-hydrogen) atoms. The number of nitrogens with zero attached hydrogens (tertiary/aromatic N) is 1. The van der Waals surface area contributed by atoms with Crippen molar-refractivity contribution in [3.63, 3.8) is 0 Å². The molecular formula is C57H38BNO2. The molecule has 0 amide bonds. The third-order valence-corrected chi connectivity index (χ3v) is 13.5. The normalized spacial score (nSPS) is 13.8. The van der Waals surface area contributed by atoms with E-state index >= 15 is 0 Å². The monoisotopic (exact) mass is 779 g/mol. The van der Waals surface area contributed by atoms with Gasteiger partial charge in [-0.25, -0.2) is 0 Å². The first kappa shape index (κ1) is 34.3. The van der Waals surface area contributed by atoms with Crippen molar-refractivity contribution in [3.8, 4) is 73.2 Å². The lowest BCUT2D eigenvalue weighted by Gasteiger charge is -2.33. The van der Waals surface area contributed by atoms with Gasteiger partial charge in [0.1, 0.15) is 23.0 Å². The molecule has 1 aliphatic carbocycles. The Morgan fingerprint density at radius 3 is 1.62 bits per heavy atom. The van der Waals surface area contributed by atoms with Crippen molar-refractivity contribution in [2.45, 2.75) is 19.3 Å². The molecule has 2 aliphatic heterocycles. The van der Waals surface area contributed by atoms with E-state index in [1.54, 1.807) is 0 Å². The summed E-state index contributed by atoms with van der Waals surface area (Å²) in [5.74, 6) is 3.44. The number of hydrogen-bond donors (Lipinski definition) is 0. The minimum atomic E-state index is -0.243. The third kappa shape index (κ3) is 5.00. The standard InChI is InChI=1S/C57H38BNO2/c1-57(2)46-20-10-9-19-42(46)43-26-27-44-45-32-37(40-30-38(35-15-5-3-6-16-35)29-39(31-40)36-17-7-4-8-18-36)25-28-49(45)59(56(44)54(43)57)41-33-52-55-53(34-41)61-51-24-14-12-22-48(51)58(55)47-21-11-13-23-50(47)60-52/h3-34H,1-2H3. The first-order valence-corrected chi connectivity index (χ1v) is 21.2. The fourth-order valence-corrected chi connectivity index (χ4v) is 10.7. The third-order valence-electron chi connectivity index (χ3n) is 13.5. The molecule has 0 spiro atoms. The highest BCUT2D eigenvalue weighted by molar-refractivity contribution is 6.98. The van der Waals surface area contributed by atoms with Crippen LogP contribution in [0.1, 0.15) is 25.0 Å². The zero-order valence-electron chi connectivity index (χ0n) is 33.8. The molecule has 4 heteroatoms. The molecule has 3 aliphatic rings. The van der Waals surface area contributed by atoms with E-state index in [9.17, 15) is 0 Å². The molecule has 0 N–H and O–H groups in total. The van der Waals surface area contributed by atoms with Crippen LogP contribution in [-0.2, 0) is 5.41 Å². The summed E-state index contributed by atoms with van der Waals surface area (Å²) in [5.41, 5.74) is 18.9. The minimum Gasteiger partial charge on any atom is -0.458 e. The van der Waals surface area contributed by atoms with Crippen LogP contribution in [0.5, 0.6) is 23.0 Å². The summed E-state index contributed by atoms with van der Waals surface area (Å²) in [6.45, 7) is 4.78. The second-order valence-electron chi connectivity index (χ2n) is 17.2. The van der Waals surface area contributed by atoms with Crippen molar-refractivity contribution in [2.24, 2.45) is 0 Å². The Morgan fingerprint density at radius 2 is 0.984 bits per heavy atom. The molecule has 13 rings (SSSR count). The molecule has 3 heterocycles. The van der Waals surface area contributed by atoms with Gasteiger partial charge in [-0.15, -0.1) is 0 Å². The predicted octanol–water partition coefficient (Wildman–Crippen LogP) is 12.8. The highest BCUT2D eigenvalue weighted by Crippen LogP contribution is 2.53. The van der Waals surface area contributed by atoms with Crippen LogP contribution in [0.3, 0.4) is 0 Å².